The second-order valence-corrected chi connectivity index (χ2v) is 12.2. The van der Waals surface area contributed by atoms with Crippen LogP contribution in [0, 0.1) is 11.8 Å². The molecule has 1 aromatic carbocycles. The molecule has 32 heavy (non-hydrogen) atoms. The SMILES string of the molecule is CC(C)Cc1ccc(C(NC(=O)N2CCC(NS(=O)(=O)c3cccs3)CC2)C(C)C)cc1. The Balaban J connectivity index is 1.55. The van der Waals surface area contributed by atoms with Gasteiger partial charge in [-0.25, -0.2) is 17.9 Å². The number of benzene rings is 1. The Labute approximate surface area is 196 Å². The maximum Gasteiger partial charge on any atom is 0.317 e. The molecule has 8 heteroatoms. The quantitative estimate of drug-likeness (QED) is 0.573. The molecule has 1 aliphatic heterocycles. The van der Waals surface area contributed by atoms with Crippen LogP contribution in [-0.4, -0.2) is 38.5 Å². The number of likely N-dealkylation sites (tertiary alicyclic amines) is 1. The van der Waals surface area contributed by atoms with Gasteiger partial charge in [0.2, 0.25) is 10.0 Å². The smallest absolute Gasteiger partial charge is 0.317 e. The van der Waals surface area contributed by atoms with Crippen LogP contribution in [0.25, 0.3) is 0 Å². The van der Waals surface area contributed by atoms with Gasteiger partial charge in [-0.2, -0.15) is 0 Å². The van der Waals surface area contributed by atoms with Gasteiger partial charge in [0.05, 0.1) is 6.04 Å². The lowest BCUT2D eigenvalue weighted by molar-refractivity contribution is 0.173. The summed E-state index contributed by atoms with van der Waals surface area (Å²) in [5, 5.41) is 4.95. The van der Waals surface area contributed by atoms with E-state index in [1.54, 1.807) is 22.4 Å². The lowest BCUT2D eigenvalue weighted by atomic mass is 9.94. The van der Waals surface area contributed by atoms with Crippen LogP contribution in [0.3, 0.4) is 0 Å². The van der Waals surface area contributed by atoms with Crippen LogP contribution < -0.4 is 10.0 Å². The van der Waals surface area contributed by atoms with E-state index in [9.17, 15) is 13.2 Å². The van der Waals surface area contributed by atoms with Crippen LogP contribution in [0.5, 0.6) is 0 Å². The Morgan fingerprint density at radius 2 is 1.75 bits per heavy atom. The Kier molecular flexibility index (Phi) is 8.36. The van der Waals surface area contributed by atoms with Crippen molar-refractivity contribution in [1.82, 2.24) is 14.9 Å². The van der Waals surface area contributed by atoms with Crippen molar-refractivity contribution in [2.24, 2.45) is 11.8 Å². The molecular weight excluding hydrogens is 442 g/mol. The number of amides is 2. The molecule has 176 valence electrons. The molecule has 3 rings (SSSR count). The standard InChI is InChI=1S/C24H35N3O3S2/c1-17(2)16-19-7-9-20(10-8-19)23(18(3)4)25-24(28)27-13-11-21(12-14-27)26-32(29,30)22-6-5-15-31-22/h5-10,15,17-18,21,23,26H,11-14,16H2,1-4H3,(H,25,28). The predicted molar refractivity (Wildman–Crippen MR) is 130 cm³/mol. The fourth-order valence-electron chi connectivity index (χ4n) is 4.09. The lowest BCUT2D eigenvalue weighted by Crippen LogP contribution is -2.50. The summed E-state index contributed by atoms with van der Waals surface area (Å²) in [6.45, 7) is 9.70. The Hall–Kier alpha value is -1.90. The number of urea groups is 1. The molecule has 1 aromatic heterocycles. The van der Waals surface area contributed by atoms with Gasteiger partial charge >= 0.3 is 6.03 Å². The molecule has 2 N–H and O–H groups in total. The second-order valence-electron chi connectivity index (χ2n) is 9.33. The van der Waals surface area contributed by atoms with Crippen molar-refractivity contribution in [3.8, 4) is 0 Å². The highest BCUT2D eigenvalue weighted by Crippen LogP contribution is 2.24. The van der Waals surface area contributed by atoms with Crippen LogP contribution in [0.2, 0.25) is 0 Å². The second kappa shape index (κ2) is 10.8. The maximum atomic E-state index is 13.0. The third-order valence-corrected chi connectivity index (χ3v) is 8.71. The predicted octanol–water partition coefficient (Wildman–Crippen LogP) is 4.80. The molecule has 1 aliphatic rings. The van der Waals surface area contributed by atoms with Crippen LogP contribution in [-0.2, 0) is 16.4 Å². The first kappa shape index (κ1) is 24.7. The first-order chi connectivity index (χ1) is 15.2. The third kappa shape index (κ3) is 6.56. The van der Waals surface area contributed by atoms with E-state index in [0.29, 0.717) is 36.1 Å². The molecule has 1 fully saturated rings. The minimum atomic E-state index is -3.48. The number of sulfonamides is 1. The summed E-state index contributed by atoms with van der Waals surface area (Å²) in [5.41, 5.74) is 2.42. The number of carbonyl (C=O) groups excluding carboxylic acids is 1. The summed E-state index contributed by atoms with van der Waals surface area (Å²) in [6, 6.07) is 11.6. The van der Waals surface area contributed by atoms with Gasteiger partial charge in [0, 0.05) is 19.1 Å². The number of thiophene rings is 1. The average molecular weight is 478 g/mol. The van der Waals surface area contributed by atoms with Gasteiger partial charge in [-0.1, -0.05) is 58.0 Å². The zero-order chi connectivity index (χ0) is 23.3. The van der Waals surface area contributed by atoms with Gasteiger partial charge < -0.3 is 10.2 Å². The monoisotopic (exact) mass is 477 g/mol. The Morgan fingerprint density at radius 1 is 1.09 bits per heavy atom. The summed E-state index contributed by atoms with van der Waals surface area (Å²) < 4.78 is 28.0. The fourth-order valence-corrected chi connectivity index (χ4v) is 6.40. The van der Waals surface area contributed by atoms with Crippen molar-refractivity contribution in [3.63, 3.8) is 0 Å². The van der Waals surface area contributed by atoms with Gasteiger partial charge in [0.15, 0.2) is 0 Å². The van der Waals surface area contributed by atoms with Crippen molar-refractivity contribution in [2.45, 2.75) is 63.3 Å². The molecule has 6 nitrogen and oxygen atoms in total. The molecule has 0 bridgehead atoms. The van der Waals surface area contributed by atoms with E-state index in [2.05, 4.69) is 62.0 Å². The van der Waals surface area contributed by atoms with E-state index in [0.717, 1.165) is 12.0 Å². The van der Waals surface area contributed by atoms with E-state index in [4.69, 9.17) is 0 Å². The number of hydrogen-bond acceptors (Lipinski definition) is 4. The summed E-state index contributed by atoms with van der Waals surface area (Å²) in [7, 11) is -3.48. The van der Waals surface area contributed by atoms with E-state index in [1.165, 1.54) is 16.9 Å². The van der Waals surface area contributed by atoms with E-state index >= 15 is 0 Å². The number of nitrogens with zero attached hydrogens (tertiary/aromatic N) is 1. The van der Waals surface area contributed by atoms with Crippen molar-refractivity contribution in [2.75, 3.05) is 13.1 Å². The van der Waals surface area contributed by atoms with Gasteiger partial charge in [-0.3, -0.25) is 0 Å². The minimum Gasteiger partial charge on any atom is -0.331 e. The molecule has 1 saturated heterocycles. The van der Waals surface area contributed by atoms with E-state index in [1.807, 2.05) is 0 Å². The summed E-state index contributed by atoms with van der Waals surface area (Å²) in [5.74, 6) is 0.865. The van der Waals surface area contributed by atoms with Gasteiger partial charge in [-0.15, -0.1) is 11.3 Å². The number of hydrogen-bond donors (Lipinski definition) is 2. The molecule has 2 heterocycles. The molecule has 2 aromatic rings. The molecular formula is C24H35N3O3S2. The van der Waals surface area contributed by atoms with Gasteiger partial charge in [0.1, 0.15) is 4.21 Å². The summed E-state index contributed by atoms with van der Waals surface area (Å²) >= 11 is 1.21. The normalized spacial score (nSPS) is 16.5. The van der Waals surface area contributed by atoms with E-state index < -0.39 is 10.0 Å². The van der Waals surface area contributed by atoms with Crippen molar-refractivity contribution >= 4 is 27.4 Å². The molecule has 1 unspecified atom stereocenters. The largest absolute Gasteiger partial charge is 0.331 e. The highest BCUT2D eigenvalue weighted by Gasteiger charge is 2.28. The Bertz CT molecular complexity index is 962. The van der Waals surface area contributed by atoms with Crippen molar-refractivity contribution in [3.05, 3.63) is 52.9 Å². The number of rotatable bonds is 8. The molecule has 1 atom stereocenters. The van der Waals surface area contributed by atoms with Crippen molar-refractivity contribution < 1.29 is 13.2 Å². The summed E-state index contributed by atoms with van der Waals surface area (Å²) in [4.78, 5) is 14.7. The van der Waals surface area contributed by atoms with Crippen LogP contribution >= 0.6 is 11.3 Å². The molecule has 0 radical (unpaired) electrons. The molecule has 2 amide bonds. The highest BCUT2D eigenvalue weighted by atomic mass is 32.2. The summed E-state index contributed by atoms with van der Waals surface area (Å²) in [6.07, 6.45) is 2.26. The van der Waals surface area contributed by atoms with Gasteiger partial charge in [0.25, 0.3) is 0 Å². The molecule has 0 spiro atoms. The topological polar surface area (TPSA) is 78.5 Å². The minimum absolute atomic E-state index is 0.0642. The average Bonchev–Trinajstić information content (AvgIpc) is 3.28. The number of nitrogens with one attached hydrogen (secondary N) is 2. The fraction of sp³-hybridized carbons (Fsp3) is 0.542. The van der Waals surface area contributed by atoms with Gasteiger partial charge in [-0.05, 0) is 53.7 Å². The Morgan fingerprint density at radius 3 is 2.28 bits per heavy atom. The van der Waals surface area contributed by atoms with Crippen LogP contribution in [0.4, 0.5) is 4.79 Å². The first-order valence-corrected chi connectivity index (χ1v) is 13.7. The van der Waals surface area contributed by atoms with Crippen molar-refractivity contribution in [1.29, 1.82) is 0 Å². The molecule has 0 saturated carbocycles. The van der Waals surface area contributed by atoms with E-state index in [-0.39, 0.29) is 24.0 Å². The highest BCUT2D eigenvalue weighted by molar-refractivity contribution is 7.91. The number of piperidine rings is 1. The lowest BCUT2D eigenvalue weighted by Gasteiger charge is -2.34. The zero-order valence-corrected chi connectivity index (χ0v) is 21.0. The maximum absolute atomic E-state index is 13.0. The van der Waals surface area contributed by atoms with Crippen LogP contribution in [0.15, 0.2) is 46.0 Å². The molecule has 0 aliphatic carbocycles. The first-order valence-electron chi connectivity index (χ1n) is 11.4. The third-order valence-electron chi connectivity index (χ3n) is 5.79. The number of carbonyl (C=O) groups is 1. The van der Waals surface area contributed by atoms with Crippen LogP contribution in [0.1, 0.15) is 57.7 Å². The zero-order valence-electron chi connectivity index (χ0n) is 19.4.